The molecule has 0 spiro atoms. The number of hydrogen-bond donors (Lipinski definition) is 2. The number of rotatable bonds is 7. The molecule has 2 amide bonds. The van der Waals surface area contributed by atoms with Gasteiger partial charge in [0.25, 0.3) is 5.91 Å². The summed E-state index contributed by atoms with van der Waals surface area (Å²) >= 11 is 0. The molecular formula is C17H24N2O4. The third kappa shape index (κ3) is 5.73. The van der Waals surface area contributed by atoms with Crippen LogP contribution >= 0.6 is 0 Å². The maximum Gasteiger partial charge on any atom is 0.308 e. The second-order valence-corrected chi connectivity index (χ2v) is 6.00. The highest BCUT2D eigenvalue weighted by atomic mass is 16.4. The van der Waals surface area contributed by atoms with Crippen LogP contribution in [0.15, 0.2) is 24.3 Å². The van der Waals surface area contributed by atoms with Gasteiger partial charge in [0.1, 0.15) is 0 Å². The molecule has 0 aliphatic carbocycles. The van der Waals surface area contributed by atoms with Crippen molar-refractivity contribution in [1.29, 1.82) is 0 Å². The monoisotopic (exact) mass is 320 g/mol. The SMILES string of the molecule is CC(C)C(=O)N(C)Cc1ccc(C(=O)NCC(C)C(=O)O)cc1. The number of hydrogen-bond acceptors (Lipinski definition) is 3. The zero-order chi connectivity index (χ0) is 17.6. The molecule has 0 aliphatic rings. The molecule has 1 aromatic rings. The van der Waals surface area contributed by atoms with Gasteiger partial charge in [-0.05, 0) is 17.7 Å². The van der Waals surface area contributed by atoms with Gasteiger partial charge in [-0.25, -0.2) is 0 Å². The van der Waals surface area contributed by atoms with Gasteiger partial charge in [-0.2, -0.15) is 0 Å². The predicted molar refractivity (Wildman–Crippen MR) is 86.9 cm³/mol. The normalized spacial score (nSPS) is 11.9. The van der Waals surface area contributed by atoms with Crippen molar-refractivity contribution in [3.8, 4) is 0 Å². The molecule has 0 saturated heterocycles. The molecule has 1 atom stereocenters. The van der Waals surface area contributed by atoms with E-state index in [4.69, 9.17) is 5.11 Å². The number of amides is 2. The second kappa shape index (κ2) is 8.31. The molecular weight excluding hydrogens is 296 g/mol. The molecule has 0 fully saturated rings. The number of aliphatic carboxylic acids is 1. The van der Waals surface area contributed by atoms with E-state index in [1.54, 1.807) is 36.2 Å². The Hall–Kier alpha value is -2.37. The van der Waals surface area contributed by atoms with Crippen LogP contribution in [-0.4, -0.2) is 41.4 Å². The minimum absolute atomic E-state index is 0.0544. The van der Waals surface area contributed by atoms with Crippen molar-refractivity contribution >= 4 is 17.8 Å². The highest BCUT2D eigenvalue weighted by Gasteiger charge is 2.15. The lowest BCUT2D eigenvalue weighted by atomic mass is 10.1. The third-order valence-electron chi connectivity index (χ3n) is 3.50. The summed E-state index contributed by atoms with van der Waals surface area (Å²) in [5.74, 6) is -1.88. The Morgan fingerprint density at radius 3 is 2.17 bits per heavy atom. The average Bonchev–Trinajstić information content (AvgIpc) is 2.51. The van der Waals surface area contributed by atoms with Crippen LogP contribution in [0.4, 0.5) is 0 Å². The summed E-state index contributed by atoms with van der Waals surface area (Å²) < 4.78 is 0. The van der Waals surface area contributed by atoms with Gasteiger partial charge in [-0.1, -0.05) is 32.9 Å². The van der Waals surface area contributed by atoms with E-state index in [-0.39, 0.29) is 24.3 Å². The molecule has 23 heavy (non-hydrogen) atoms. The zero-order valence-electron chi connectivity index (χ0n) is 14.0. The first-order valence-corrected chi connectivity index (χ1v) is 7.57. The first-order chi connectivity index (χ1) is 10.7. The Balaban J connectivity index is 2.60. The summed E-state index contributed by atoms with van der Waals surface area (Å²) in [5, 5.41) is 11.4. The molecule has 1 unspecified atom stereocenters. The van der Waals surface area contributed by atoms with Gasteiger partial charge in [0.2, 0.25) is 5.91 Å². The number of nitrogens with one attached hydrogen (secondary N) is 1. The molecule has 0 aromatic heterocycles. The van der Waals surface area contributed by atoms with Gasteiger partial charge in [-0.3, -0.25) is 14.4 Å². The van der Waals surface area contributed by atoms with Crippen LogP contribution in [0.25, 0.3) is 0 Å². The quantitative estimate of drug-likeness (QED) is 0.801. The van der Waals surface area contributed by atoms with Crippen molar-refractivity contribution in [2.24, 2.45) is 11.8 Å². The van der Waals surface area contributed by atoms with Crippen LogP contribution in [0, 0.1) is 11.8 Å². The topological polar surface area (TPSA) is 86.7 Å². The molecule has 2 N–H and O–H groups in total. The standard InChI is InChI=1S/C17H24N2O4/c1-11(2)16(21)19(4)10-13-5-7-14(8-6-13)15(20)18-9-12(3)17(22)23/h5-8,11-12H,9-10H2,1-4H3,(H,18,20)(H,22,23). The Kier molecular flexibility index (Phi) is 6.75. The average molecular weight is 320 g/mol. The van der Waals surface area contributed by atoms with E-state index in [0.29, 0.717) is 12.1 Å². The number of carbonyl (C=O) groups excluding carboxylic acids is 2. The molecule has 0 saturated carbocycles. The fraction of sp³-hybridized carbons (Fsp3) is 0.471. The van der Waals surface area contributed by atoms with E-state index < -0.39 is 11.9 Å². The van der Waals surface area contributed by atoms with Crippen molar-refractivity contribution in [2.75, 3.05) is 13.6 Å². The summed E-state index contributed by atoms with van der Waals surface area (Å²) in [5.41, 5.74) is 1.39. The predicted octanol–water partition coefficient (Wildman–Crippen LogP) is 1.75. The first kappa shape index (κ1) is 18.7. The minimum atomic E-state index is -0.946. The van der Waals surface area contributed by atoms with E-state index in [1.807, 2.05) is 13.8 Å². The molecule has 0 bridgehead atoms. The van der Waals surface area contributed by atoms with Crippen molar-refractivity contribution in [2.45, 2.75) is 27.3 Å². The van der Waals surface area contributed by atoms with Gasteiger partial charge < -0.3 is 15.3 Å². The molecule has 1 rings (SSSR count). The summed E-state index contributed by atoms with van der Waals surface area (Å²) in [6.07, 6.45) is 0. The summed E-state index contributed by atoms with van der Waals surface area (Å²) in [6, 6.07) is 6.92. The van der Waals surface area contributed by atoms with Crippen LogP contribution in [0.2, 0.25) is 0 Å². The fourth-order valence-electron chi connectivity index (χ4n) is 1.99. The molecule has 0 radical (unpaired) electrons. The Morgan fingerprint density at radius 2 is 1.70 bits per heavy atom. The van der Waals surface area contributed by atoms with Gasteiger partial charge >= 0.3 is 5.97 Å². The van der Waals surface area contributed by atoms with E-state index >= 15 is 0 Å². The Labute approximate surface area is 136 Å². The van der Waals surface area contributed by atoms with Crippen molar-refractivity contribution in [3.05, 3.63) is 35.4 Å². The van der Waals surface area contributed by atoms with E-state index in [9.17, 15) is 14.4 Å². The first-order valence-electron chi connectivity index (χ1n) is 7.57. The molecule has 6 nitrogen and oxygen atoms in total. The number of carboxylic acid groups (broad SMARTS) is 1. The summed E-state index contributed by atoms with van der Waals surface area (Å²) in [7, 11) is 1.75. The largest absolute Gasteiger partial charge is 0.481 e. The summed E-state index contributed by atoms with van der Waals surface area (Å²) in [4.78, 5) is 36.1. The van der Waals surface area contributed by atoms with Gasteiger partial charge in [-0.15, -0.1) is 0 Å². The van der Waals surface area contributed by atoms with Crippen LogP contribution in [-0.2, 0) is 16.1 Å². The zero-order valence-corrected chi connectivity index (χ0v) is 14.0. The number of carbonyl (C=O) groups is 3. The lowest BCUT2D eigenvalue weighted by Gasteiger charge is -2.19. The second-order valence-electron chi connectivity index (χ2n) is 6.00. The van der Waals surface area contributed by atoms with Crippen molar-refractivity contribution in [3.63, 3.8) is 0 Å². The van der Waals surface area contributed by atoms with E-state index in [0.717, 1.165) is 5.56 Å². The lowest BCUT2D eigenvalue weighted by Crippen LogP contribution is -2.31. The molecule has 0 aliphatic heterocycles. The van der Waals surface area contributed by atoms with Crippen molar-refractivity contribution in [1.82, 2.24) is 10.2 Å². The van der Waals surface area contributed by atoms with Crippen molar-refractivity contribution < 1.29 is 19.5 Å². The highest BCUT2D eigenvalue weighted by molar-refractivity contribution is 5.94. The van der Waals surface area contributed by atoms with Crippen LogP contribution in [0.3, 0.4) is 0 Å². The molecule has 0 heterocycles. The van der Waals surface area contributed by atoms with Crippen LogP contribution in [0.5, 0.6) is 0 Å². The number of benzene rings is 1. The smallest absolute Gasteiger partial charge is 0.308 e. The van der Waals surface area contributed by atoms with E-state index in [2.05, 4.69) is 5.32 Å². The highest BCUT2D eigenvalue weighted by Crippen LogP contribution is 2.09. The minimum Gasteiger partial charge on any atom is -0.481 e. The van der Waals surface area contributed by atoms with Crippen LogP contribution < -0.4 is 5.32 Å². The lowest BCUT2D eigenvalue weighted by molar-refractivity contribution is -0.140. The molecule has 126 valence electrons. The molecule has 6 heteroatoms. The maximum absolute atomic E-state index is 11.9. The van der Waals surface area contributed by atoms with Gasteiger partial charge in [0, 0.05) is 31.6 Å². The fourth-order valence-corrected chi connectivity index (χ4v) is 1.99. The van der Waals surface area contributed by atoms with E-state index in [1.165, 1.54) is 6.92 Å². The Morgan fingerprint density at radius 1 is 1.13 bits per heavy atom. The third-order valence-corrected chi connectivity index (χ3v) is 3.50. The van der Waals surface area contributed by atoms with Crippen LogP contribution in [0.1, 0.15) is 36.7 Å². The van der Waals surface area contributed by atoms with Gasteiger partial charge in [0.05, 0.1) is 5.92 Å². The summed E-state index contributed by atoms with van der Waals surface area (Å²) in [6.45, 7) is 5.80. The Bertz CT molecular complexity index is 566. The number of nitrogens with zero attached hydrogens (tertiary/aromatic N) is 1. The van der Waals surface area contributed by atoms with Gasteiger partial charge in [0.15, 0.2) is 0 Å². The molecule has 1 aromatic carbocycles. The maximum atomic E-state index is 11.9. The number of carboxylic acids is 1.